The highest BCUT2D eigenvalue weighted by Gasteiger charge is 2.70. The van der Waals surface area contributed by atoms with Crippen LogP contribution in [0.15, 0.2) is 42.0 Å². The summed E-state index contributed by atoms with van der Waals surface area (Å²) in [6.45, 7) is 15.9. The topological polar surface area (TPSA) is 69.7 Å². The van der Waals surface area contributed by atoms with Gasteiger partial charge in [0, 0.05) is 18.3 Å². The second-order valence-corrected chi connectivity index (χ2v) is 16.4. The number of hydrogen-bond acceptors (Lipinski definition) is 5. The van der Waals surface area contributed by atoms with Crippen LogP contribution in [0.4, 0.5) is 0 Å². The van der Waals surface area contributed by atoms with Crippen LogP contribution in [0, 0.1) is 44.8 Å². The fourth-order valence-electron chi connectivity index (χ4n) is 10.9. The maximum Gasteiger partial charge on any atom is 0.312 e. The standard InChI is InChI=1S/C37H50O5/c1-32(2)28-13-16-37(7)30(35(28,5)15-14-29(39)42-32)27(38)21-25-26-22-34(4,18-17-33(26,3)19-20-36(25,37)6)31(40)41-23-24-11-9-8-10-12-24/h8-12,21,26,28,30H,13-20,22-23H2,1-7H3/t26-,28?,30?,33+,34-,35-,36+,37+/m0/s1. The lowest BCUT2D eigenvalue weighted by Crippen LogP contribution is -2.65. The van der Waals surface area contributed by atoms with Crippen molar-refractivity contribution in [2.45, 2.75) is 118 Å². The summed E-state index contributed by atoms with van der Waals surface area (Å²) in [6.07, 6.45) is 9.64. The molecule has 1 aliphatic heterocycles. The molecule has 5 nitrogen and oxygen atoms in total. The fraction of sp³-hybridized carbons (Fsp3) is 0.703. The van der Waals surface area contributed by atoms with Gasteiger partial charge in [-0.3, -0.25) is 14.4 Å². The molecule has 0 spiro atoms. The molecule has 1 saturated heterocycles. The molecule has 5 aliphatic rings. The smallest absolute Gasteiger partial charge is 0.312 e. The van der Waals surface area contributed by atoms with Crippen LogP contribution in [0.5, 0.6) is 0 Å². The van der Waals surface area contributed by atoms with Crippen LogP contribution < -0.4 is 0 Å². The van der Waals surface area contributed by atoms with Crippen molar-refractivity contribution in [1.82, 2.24) is 0 Å². The average molecular weight is 575 g/mol. The summed E-state index contributed by atoms with van der Waals surface area (Å²) in [5, 5.41) is 0. The Morgan fingerprint density at radius 2 is 1.60 bits per heavy atom. The van der Waals surface area contributed by atoms with E-state index in [1.807, 2.05) is 50.3 Å². The molecular weight excluding hydrogens is 524 g/mol. The van der Waals surface area contributed by atoms with Gasteiger partial charge in [0.05, 0.1) is 5.41 Å². The third-order valence-electron chi connectivity index (χ3n) is 13.6. The molecule has 0 N–H and O–H groups in total. The van der Waals surface area contributed by atoms with E-state index in [2.05, 4.69) is 34.6 Å². The van der Waals surface area contributed by atoms with Gasteiger partial charge in [0.1, 0.15) is 12.2 Å². The summed E-state index contributed by atoms with van der Waals surface area (Å²) < 4.78 is 11.9. The molecule has 4 aliphatic carbocycles. The maximum absolute atomic E-state index is 14.5. The van der Waals surface area contributed by atoms with Gasteiger partial charge >= 0.3 is 11.9 Å². The predicted molar refractivity (Wildman–Crippen MR) is 162 cm³/mol. The van der Waals surface area contributed by atoms with Gasteiger partial charge in [0.25, 0.3) is 0 Å². The maximum atomic E-state index is 14.5. The zero-order valence-corrected chi connectivity index (χ0v) is 26.8. The number of carbonyl (C=O) groups excluding carboxylic acids is 3. The van der Waals surface area contributed by atoms with Crippen LogP contribution in [-0.2, 0) is 30.5 Å². The first kappa shape index (κ1) is 29.6. The van der Waals surface area contributed by atoms with Crippen LogP contribution in [-0.4, -0.2) is 23.3 Å². The van der Waals surface area contributed by atoms with Gasteiger partial charge in [-0.15, -0.1) is 0 Å². The predicted octanol–water partition coefficient (Wildman–Crippen LogP) is 8.01. The van der Waals surface area contributed by atoms with Gasteiger partial charge in [-0.1, -0.05) is 63.6 Å². The lowest BCUT2D eigenvalue weighted by atomic mass is 9.35. The molecule has 228 valence electrons. The minimum absolute atomic E-state index is 0.0692. The number of fused-ring (bicyclic) bond motifs is 7. The Morgan fingerprint density at radius 1 is 0.905 bits per heavy atom. The average Bonchev–Trinajstić information content (AvgIpc) is 3.02. The summed E-state index contributed by atoms with van der Waals surface area (Å²) in [7, 11) is 0. The number of allylic oxidation sites excluding steroid dienone is 2. The van der Waals surface area contributed by atoms with E-state index in [1.54, 1.807) is 0 Å². The second kappa shape index (κ2) is 9.53. The molecular formula is C37H50O5. The molecule has 8 atom stereocenters. The largest absolute Gasteiger partial charge is 0.460 e. The van der Waals surface area contributed by atoms with E-state index in [-0.39, 0.29) is 63.7 Å². The van der Waals surface area contributed by atoms with E-state index in [1.165, 1.54) is 5.57 Å². The Labute approximate surface area is 252 Å². The molecule has 0 bridgehead atoms. The fourth-order valence-corrected chi connectivity index (χ4v) is 10.9. The van der Waals surface area contributed by atoms with Crippen LogP contribution >= 0.6 is 0 Å². The number of carbonyl (C=O) groups is 3. The highest BCUT2D eigenvalue weighted by atomic mass is 16.6. The zero-order valence-electron chi connectivity index (χ0n) is 26.8. The quantitative estimate of drug-likeness (QED) is 0.342. The van der Waals surface area contributed by atoms with Crippen molar-refractivity contribution in [3.05, 3.63) is 47.5 Å². The molecule has 0 amide bonds. The SMILES string of the molecule is CC1(C)OC(=O)CC[C@@]2(C)C1CC[C@]1(C)C2C(=O)C=C2[C@@H]3C[C@@](C)(C(=O)OCc4ccccc4)CC[C@]3(C)CC[C@]21C. The van der Waals surface area contributed by atoms with Gasteiger partial charge in [-0.05, 0) is 111 Å². The van der Waals surface area contributed by atoms with Crippen molar-refractivity contribution in [2.24, 2.45) is 44.8 Å². The van der Waals surface area contributed by atoms with Gasteiger partial charge < -0.3 is 9.47 Å². The Morgan fingerprint density at radius 3 is 2.31 bits per heavy atom. The first-order valence-electron chi connectivity index (χ1n) is 16.3. The molecule has 2 unspecified atom stereocenters. The van der Waals surface area contributed by atoms with E-state index < -0.39 is 11.0 Å². The van der Waals surface area contributed by atoms with E-state index in [9.17, 15) is 14.4 Å². The molecule has 0 aromatic heterocycles. The second-order valence-electron chi connectivity index (χ2n) is 16.4. The van der Waals surface area contributed by atoms with Crippen LogP contribution in [0.25, 0.3) is 0 Å². The number of cyclic esters (lactones) is 1. The number of ketones is 1. The van der Waals surface area contributed by atoms with E-state index in [0.717, 1.165) is 50.5 Å². The summed E-state index contributed by atoms with van der Waals surface area (Å²) >= 11 is 0. The summed E-state index contributed by atoms with van der Waals surface area (Å²) in [5.41, 5.74) is 0.509. The van der Waals surface area contributed by atoms with Gasteiger partial charge in [0.15, 0.2) is 5.78 Å². The van der Waals surface area contributed by atoms with Crippen molar-refractivity contribution in [3.8, 4) is 0 Å². The van der Waals surface area contributed by atoms with Gasteiger partial charge in [-0.25, -0.2) is 0 Å². The van der Waals surface area contributed by atoms with Crippen molar-refractivity contribution in [3.63, 3.8) is 0 Å². The lowest BCUT2D eigenvalue weighted by molar-refractivity contribution is -0.188. The minimum Gasteiger partial charge on any atom is -0.460 e. The highest BCUT2D eigenvalue weighted by molar-refractivity contribution is 5.96. The Hall–Kier alpha value is -2.43. The number of hydrogen-bond donors (Lipinski definition) is 0. The molecule has 4 fully saturated rings. The Balaban J connectivity index is 1.35. The number of rotatable bonds is 3. The Bertz CT molecular complexity index is 1330. The summed E-state index contributed by atoms with van der Waals surface area (Å²) in [4.78, 5) is 40.9. The van der Waals surface area contributed by atoms with Crippen molar-refractivity contribution < 1.29 is 23.9 Å². The number of ether oxygens (including phenoxy) is 2. The van der Waals surface area contributed by atoms with Crippen molar-refractivity contribution in [2.75, 3.05) is 0 Å². The van der Waals surface area contributed by atoms with Crippen molar-refractivity contribution in [1.29, 1.82) is 0 Å². The summed E-state index contributed by atoms with van der Waals surface area (Å²) in [6, 6.07) is 9.88. The monoisotopic (exact) mass is 574 g/mol. The lowest BCUT2D eigenvalue weighted by Gasteiger charge is -2.68. The first-order valence-corrected chi connectivity index (χ1v) is 16.3. The summed E-state index contributed by atoms with van der Waals surface area (Å²) in [5.74, 6) is 0.125. The Kier molecular flexibility index (Phi) is 6.73. The molecule has 42 heavy (non-hydrogen) atoms. The third-order valence-corrected chi connectivity index (χ3v) is 13.6. The highest BCUT2D eigenvalue weighted by Crippen LogP contribution is 2.74. The molecule has 1 aromatic carbocycles. The molecule has 0 radical (unpaired) electrons. The number of esters is 2. The van der Waals surface area contributed by atoms with Crippen LogP contribution in [0.3, 0.4) is 0 Å². The van der Waals surface area contributed by atoms with E-state index in [4.69, 9.17) is 9.47 Å². The number of benzene rings is 1. The normalized spacial score (nSPS) is 44.3. The van der Waals surface area contributed by atoms with Crippen LogP contribution in [0.1, 0.15) is 112 Å². The zero-order chi connectivity index (χ0) is 30.3. The van der Waals surface area contributed by atoms with Crippen molar-refractivity contribution >= 4 is 17.7 Å². The molecule has 3 saturated carbocycles. The molecule has 1 heterocycles. The molecule has 5 heteroatoms. The third kappa shape index (κ3) is 4.19. The minimum atomic E-state index is -0.592. The molecule has 6 rings (SSSR count). The van der Waals surface area contributed by atoms with Gasteiger partial charge in [0.2, 0.25) is 0 Å². The van der Waals surface area contributed by atoms with E-state index >= 15 is 0 Å². The van der Waals surface area contributed by atoms with Crippen LogP contribution in [0.2, 0.25) is 0 Å². The first-order chi connectivity index (χ1) is 19.6. The van der Waals surface area contributed by atoms with Gasteiger partial charge in [-0.2, -0.15) is 0 Å². The van der Waals surface area contributed by atoms with E-state index in [0.29, 0.717) is 12.8 Å². The molecule has 1 aromatic rings.